The molecule has 1 aliphatic heterocycles. The Labute approximate surface area is 122 Å². The van der Waals surface area contributed by atoms with Crippen LogP contribution < -0.4 is 5.32 Å². The van der Waals surface area contributed by atoms with E-state index < -0.39 is 5.97 Å². The van der Waals surface area contributed by atoms with E-state index in [2.05, 4.69) is 24.1 Å². The van der Waals surface area contributed by atoms with Gasteiger partial charge in [-0.2, -0.15) is 4.98 Å². The molecule has 1 aromatic carbocycles. The maximum Gasteiger partial charge on any atom is 0.335 e. The smallest absolute Gasteiger partial charge is 0.335 e. The molecule has 0 amide bonds. The van der Waals surface area contributed by atoms with Crippen LogP contribution in [0.25, 0.3) is 11.1 Å². The lowest BCUT2D eigenvalue weighted by Gasteiger charge is -2.35. The van der Waals surface area contributed by atoms with Crippen LogP contribution in [0.2, 0.25) is 0 Å². The number of benzene rings is 1. The van der Waals surface area contributed by atoms with E-state index in [0.717, 1.165) is 12.8 Å². The van der Waals surface area contributed by atoms with Crippen molar-refractivity contribution in [2.45, 2.75) is 38.3 Å². The summed E-state index contributed by atoms with van der Waals surface area (Å²) < 4.78 is 11.3. The Kier molecular flexibility index (Phi) is 3.33. The van der Waals surface area contributed by atoms with Gasteiger partial charge in [0.1, 0.15) is 5.52 Å². The van der Waals surface area contributed by atoms with Crippen LogP contribution in [0, 0.1) is 0 Å². The number of carboxylic acid groups (broad SMARTS) is 1. The van der Waals surface area contributed by atoms with E-state index in [4.69, 9.17) is 14.3 Å². The SMILES string of the molecule is CC1(C)CC(Nc2nc3ccc(C(=O)O)cc3o2)CCO1. The Morgan fingerprint density at radius 2 is 2.29 bits per heavy atom. The molecule has 112 valence electrons. The number of carboxylic acids is 1. The number of carbonyl (C=O) groups is 1. The fraction of sp³-hybridized carbons (Fsp3) is 0.467. The fourth-order valence-electron chi connectivity index (χ4n) is 2.65. The topological polar surface area (TPSA) is 84.6 Å². The van der Waals surface area contributed by atoms with Crippen molar-refractivity contribution in [1.82, 2.24) is 4.98 Å². The van der Waals surface area contributed by atoms with Gasteiger partial charge in [0, 0.05) is 12.6 Å². The van der Waals surface area contributed by atoms with Crippen molar-refractivity contribution < 1.29 is 19.1 Å². The molecule has 1 unspecified atom stereocenters. The lowest BCUT2D eigenvalue weighted by atomic mass is 9.94. The Morgan fingerprint density at radius 3 is 3.00 bits per heavy atom. The van der Waals surface area contributed by atoms with Crippen LogP contribution >= 0.6 is 0 Å². The van der Waals surface area contributed by atoms with Gasteiger partial charge in [0.15, 0.2) is 5.58 Å². The maximum absolute atomic E-state index is 10.9. The number of hydrogen-bond donors (Lipinski definition) is 2. The minimum Gasteiger partial charge on any atom is -0.478 e. The molecule has 0 radical (unpaired) electrons. The van der Waals surface area contributed by atoms with Gasteiger partial charge in [-0.1, -0.05) is 0 Å². The van der Waals surface area contributed by atoms with Crippen LogP contribution in [0.1, 0.15) is 37.0 Å². The van der Waals surface area contributed by atoms with Gasteiger partial charge in [0.2, 0.25) is 0 Å². The predicted octanol–water partition coefficient (Wildman–Crippen LogP) is 2.90. The van der Waals surface area contributed by atoms with Crippen molar-refractivity contribution in [3.05, 3.63) is 23.8 Å². The van der Waals surface area contributed by atoms with Gasteiger partial charge in [0.05, 0.1) is 11.2 Å². The van der Waals surface area contributed by atoms with Gasteiger partial charge in [-0.05, 0) is 44.9 Å². The highest BCUT2D eigenvalue weighted by molar-refractivity contribution is 5.92. The Hall–Kier alpha value is -2.08. The average Bonchev–Trinajstić information content (AvgIpc) is 2.78. The van der Waals surface area contributed by atoms with Crippen LogP contribution in [-0.4, -0.2) is 34.3 Å². The van der Waals surface area contributed by atoms with Crippen LogP contribution in [0.15, 0.2) is 22.6 Å². The second kappa shape index (κ2) is 5.04. The van der Waals surface area contributed by atoms with Gasteiger partial charge in [-0.3, -0.25) is 0 Å². The van der Waals surface area contributed by atoms with Crippen molar-refractivity contribution in [2.75, 3.05) is 11.9 Å². The maximum atomic E-state index is 10.9. The minimum absolute atomic E-state index is 0.154. The second-order valence-corrected chi connectivity index (χ2v) is 5.95. The van der Waals surface area contributed by atoms with Crippen molar-refractivity contribution >= 4 is 23.1 Å². The quantitative estimate of drug-likeness (QED) is 0.904. The van der Waals surface area contributed by atoms with Crippen LogP contribution in [0.4, 0.5) is 6.01 Å². The molecule has 0 bridgehead atoms. The molecule has 3 rings (SSSR count). The summed E-state index contributed by atoms with van der Waals surface area (Å²) in [6.45, 7) is 4.83. The number of nitrogens with zero attached hydrogens (tertiary/aromatic N) is 1. The highest BCUT2D eigenvalue weighted by atomic mass is 16.5. The molecule has 21 heavy (non-hydrogen) atoms. The van der Waals surface area contributed by atoms with E-state index in [1.807, 2.05) is 0 Å². The van der Waals surface area contributed by atoms with E-state index in [1.54, 1.807) is 6.07 Å². The molecule has 6 heteroatoms. The second-order valence-electron chi connectivity index (χ2n) is 5.95. The van der Waals surface area contributed by atoms with Crippen molar-refractivity contribution in [3.8, 4) is 0 Å². The summed E-state index contributed by atoms with van der Waals surface area (Å²) in [5.74, 6) is -0.978. The highest BCUT2D eigenvalue weighted by Crippen LogP contribution is 2.27. The van der Waals surface area contributed by atoms with Gasteiger partial charge in [-0.25, -0.2) is 4.79 Å². The zero-order valence-electron chi connectivity index (χ0n) is 12.0. The largest absolute Gasteiger partial charge is 0.478 e. The highest BCUT2D eigenvalue weighted by Gasteiger charge is 2.29. The molecule has 2 N–H and O–H groups in total. The van der Waals surface area contributed by atoms with Crippen molar-refractivity contribution in [3.63, 3.8) is 0 Å². The number of fused-ring (bicyclic) bond motifs is 1. The minimum atomic E-state index is -0.978. The molecule has 0 spiro atoms. The number of aromatic carboxylic acids is 1. The van der Waals surface area contributed by atoms with E-state index in [1.165, 1.54) is 12.1 Å². The lowest BCUT2D eigenvalue weighted by molar-refractivity contribution is -0.0555. The monoisotopic (exact) mass is 290 g/mol. The molecule has 0 aliphatic carbocycles. The van der Waals surface area contributed by atoms with Gasteiger partial charge < -0.3 is 19.6 Å². The van der Waals surface area contributed by atoms with Crippen molar-refractivity contribution in [2.24, 2.45) is 0 Å². The zero-order valence-corrected chi connectivity index (χ0v) is 12.0. The fourth-order valence-corrected chi connectivity index (χ4v) is 2.65. The van der Waals surface area contributed by atoms with Crippen LogP contribution in [0.5, 0.6) is 0 Å². The first kappa shape index (κ1) is 13.9. The lowest BCUT2D eigenvalue weighted by Crippen LogP contribution is -2.40. The Morgan fingerprint density at radius 1 is 1.48 bits per heavy atom. The number of oxazole rings is 1. The average molecular weight is 290 g/mol. The van der Waals surface area contributed by atoms with E-state index in [9.17, 15) is 4.79 Å². The number of rotatable bonds is 3. The molecule has 6 nitrogen and oxygen atoms in total. The summed E-state index contributed by atoms with van der Waals surface area (Å²) in [4.78, 5) is 15.3. The molecule has 2 heterocycles. The zero-order chi connectivity index (χ0) is 15.0. The molecule has 1 saturated heterocycles. The molecule has 2 aromatic rings. The molecule has 1 fully saturated rings. The van der Waals surface area contributed by atoms with E-state index in [0.29, 0.717) is 23.7 Å². The first-order chi connectivity index (χ1) is 9.93. The summed E-state index contributed by atoms with van der Waals surface area (Å²) >= 11 is 0. The van der Waals surface area contributed by atoms with Crippen LogP contribution in [0.3, 0.4) is 0 Å². The summed E-state index contributed by atoms with van der Waals surface area (Å²) in [6.07, 6.45) is 1.76. The number of ether oxygens (including phenoxy) is 1. The number of hydrogen-bond acceptors (Lipinski definition) is 5. The Bertz CT molecular complexity index is 677. The molecule has 1 aliphatic rings. The summed E-state index contributed by atoms with van der Waals surface area (Å²) in [7, 11) is 0. The predicted molar refractivity (Wildman–Crippen MR) is 77.6 cm³/mol. The summed E-state index contributed by atoms with van der Waals surface area (Å²) in [6, 6.07) is 5.33. The Balaban J connectivity index is 1.80. The molecular formula is C15H18N2O4. The van der Waals surface area contributed by atoms with Gasteiger partial charge >= 0.3 is 5.97 Å². The first-order valence-electron chi connectivity index (χ1n) is 6.97. The summed E-state index contributed by atoms with van der Waals surface area (Å²) in [5, 5.41) is 12.2. The first-order valence-corrected chi connectivity index (χ1v) is 6.97. The van der Waals surface area contributed by atoms with Gasteiger partial charge in [-0.15, -0.1) is 0 Å². The van der Waals surface area contributed by atoms with E-state index in [-0.39, 0.29) is 17.2 Å². The number of nitrogens with one attached hydrogen (secondary N) is 1. The third-order valence-corrected chi connectivity index (χ3v) is 3.66. The summed E-state index contributed by atoms with van der Waals surface area (Å²) in [5.41, 5.74) is 1.16. The third kappa shape index (κ3) is 3.00. The number of anilines is 1. The standard InChI is InChI=1S/C15H18N2O4/c1-15(2)8-10(5-6-20-15)16-14-17-11-4-3-9(13(18)19)7-12(11)21-14/h3-4,7,10H,5-6,8H2,1-2H3,(H,16,17)(H,18,19). The normalized spacial score (nSPS) is 21.3. The third-order valence-electron chi connectivity index (χ3n) is 3.66. The number of aromatic nitrogens is 1. The van der Waals surface area contributed by atoms with Crippen LogP contribution in [-0.2, 0) is 4.74 Å². The van der Waals surface area contributed by atoms with Gasteiger partial charge in [0.25, 0.3) is 6.01 Å². The molecule has 0 saturated carbocycles. The van der Waals surface area contributed by atoms with Crippen molar-refractivity contribution in [1.29, 1.82) is 0 Å². The van der Waals surface area contributed by atoms with E-state index >= 15 is 0 Å². The molecular weight excluding hydrogens is 272 g/mol. The molecule has 1 atom stereocenters. The molecule has 1 aromatic heterocycles.